The Balaban J connectivity index is 1.96. The molecule has 1 aliphatic rings. The summed E-state index contributed by atoms with van der Waals surface area (Å²) in [6.45, 7) is 1.94. The van der Waals surface area contributed by atoms with Gasteiger partial charge in [0.05, 0.1) is 31.5 Å². The molecule has 4 rings (SSSR count). The highest BCUT2D eigenvalue weighted by molar-refractivity contribution is 7.92. The van der Waals surface area contributed by atoms with E-state index in [1.807, 2.05) is 55.5 Å². The van der Waals surface area contributed by atoms with Gasteiger partial charge in [0, 0.05) is 11.5 Å². The highest BCUT2D eigenvalue weighted by Gasteiger charge is 2.45. The lowest BCUT2D eigenvalue weighted by Crippen LogP contribution is -2.27. The third kappa shape index (κ3) is 3.55. The minimum Gasteiger partial charge on any atom is -0.493 e. The van der Waals surface area contributed by atoms with Crippen molar-refractivity contribution in [2.24, 2.45) is 0 Å². The highest BCUT2D eigenvalue weighted by Crippen LogP contribution is 2.53. The van der Waals surface area contributed by atoms with Crippen molar-refractivity contribution >= 4 is 9.84 Å². The standard InChI is InChI=1S/C25H26O5S/c1-16-10-12-19(13-11-16)31(26,27)21-15-18-14-20(28-2)24(29-3)25(30-4)23(18)22(21)17-8-6-5-7-9-17/h5-14,21-22H,15H2,1-4H3/t21-,22+/m1/s1. The quantitative estimate of drug-likeness (QED) is 0.565. The molecule has 0 heterocycles. The van der Waals surface area contributed by atoms with E-state index in [4.69, 9.17) is 14.2 Å². The van der Waals surface area contributed by atoms with Crippen molar-refractivity contribution in [3.8, 4) is 17.2 Å². The Labute approximate surface area is 183 Å². The average Bonchev–Trinajstić information content (AvgIpc) is 3.18. The van der Waals surface area contributed by atoms with Gasteiger partial charge in [0.25, 0.3) is 0 Å². The Morgan fingerprint density at radius 3 is 2.06 bits per heavy atom. The zero-order valence-electron chi connectivity index (χ0n) is 18.1. The first-order chi connectivity index (χ1) is 14.9. The molecule has 0 amide bonds. The number of ether oxygens (including phenoxy) is 3. The molecule has 162 valence electrons. The molecule has 6 heteroatoms. The van der Waals surface area contributed by atoms with Gasteiger partial charge in [0.2, 0.25) is 5.75 Å². The predicted octanol–water partition coefficient (Wildman–Crippen LogP) is 4.55. The topological polar surface area (TPSA) is 61.8 Å². The number of hydrogen-bond acceptors (Lipinski definition) is 5. The van der Waals surface area contributed by atoms with E-state index in [0.717, 1.165) is 22.3 Å². The maximum Gasteiger partial charge on any atom is 0.203 e. The average molecular weight is 439 g/mol. The van der Waals surface area contributed by atoms with Crippen molar-refractivity contribution < 1.29 is 22.6 Å². The Kier molecular flexibility index (Phi) is 5.67. The summed E-state index contributed by atoms with van der Waals surface area (Å²) in [4.78, 5) is 0.328. The molecule has 5 nitrogen and oxygen atoms in total. The van der Waals surface area contributed by atoms with E-state index in [1.165, 1.54) is 0 Å². The maximum absolute atomic E-state index is 13.8. The van der Waals surface area contributed by atoms with E-state index in [-0.39, 0.29) is 0 Å². The molecule has 0 aliphatic heterocycles. The van der Waals surface area contributed by atoms with Crippen LogP contribution in [0.15, 0.2) is 65.6 Å². The third-order valence-corrected chi connectivity index (χ3v) is 8.13. The smallest absolute Gasteiger partial charge is 0.203 e. The van der Waals surface area contributed by atoms with Gasteiger partial charge in [-0.25, -0.2) is 8.42 Å². The maximum atomic E-state index is 13.8. The van der Waals surface area contributed by atoms with E-state index in [1.54, 1.807) is 33.5 Å². The van der Waals surface area contributed by atoms with Crippen LogP contribution in [-0.4, -0.2) is 35.0 Å². The van der Waals surface area contributed by atoms with Gasteiger partial charge < -0.3 is 14.2 Å². The van der Waals surface area contributed by atoms with Crippen LogP contribution in [0, 0.1) is 6.92 Å². The zero-order chi connectivity index (χ0) is 22.2. The summed E-state index contributed by atoms with van der Waals surface area (Å²) in [5, 5.41) is -0.668. The lowest BCUT2D eigenvalue weighted by molar-refractivity contribution is 0.322. The molecule has 0 aromatic heterocycles. The minimum absolute atomic E-state index is 0.328. The fraction of sp³-hybridized carbons (Fsp3) is 0.280. The fourth-order valence-corrected chi connectivity index (χ4v) is 6.41. The predicted molar refractivity (Wildman–Crippen MR) is 120 cm³/mol. The van der Waals surface area contributed by atoms with E-state index in [0.29, 0.717) is 28.6 Å². The molecular weight excluding hydrogens is 412 g/mol. The second-order valence-corrected chi connectivity index (χ2v) is 9.87. The van der Waals surface area contributed by atoms with Crippen LogP contribution in [0.2, 0.25) is 0 Å². The summed E-state index contributed by atoms with van der Waals surface area (Å²) in [6, 6.07) is 18.6. The summed E-state index contributed by atoms with van der Waals surface area (Å²) in [6.07, 6.45) is 0.363. The van der Waals surface area contributed by atoms with Gasteiger partial charge in [-0.2, -0.15) is 0 Å². The normalized spacial score (nSPS) is 17.8. The largest absolute Gasteiger partial charge is 0.493 e. The van der Waals surface area contributed by atoms with Gasteiger partial charge in [0.1, 0.15) is 0 Å². The Bertz CT molecular complexity index is 1180. The molecule has 0 radical (unpaired) electrons. The van der Waals surface area contributed by atoms with Gasteiger partial charge in [0.15, 0.2) is 21.3 Å². The highest BCUT2D eigenvalue weighted by atomic mass is 32.2. The van der Waals surface area contributed by atoms with E-state index in [2.05, 4.69) is 0 Å². The van der Waals surface area contributed by atoms with Crippen LogP contribution < -0.4 is 14.2 Å². The summed E-state index contributed by atoms with van der Waals surface area (Å²) < 4.78 is 44.5. The Morgan fingerprint density at radius 1 is 0.839 bits per heavy atom. The number of aryl methyl sites for hydroxylation is 1. The molecule has 0 spiro atoms. The molecule has 0 fully saturated rings. The lowest BCUT2D eigenvalue weighted by Gasteiger charge is -2.24. The van der Waals surface area contributed by atoms with E-state index < -0.39 is 21.0 Å². The Morgan fingerprint density at radius 2 is 1.48 bits per heavy atom. The lowest BCUT2D eigenvalue weighted by atomic mass is 9.91. The third-order valence-electron chi connectivity index (χ3n) is 5.96. The number of sulfone groups is 1. The second kappa shape index (κ2) is 8.27. The number of hydrogen-bond donors (Lipinski definition) is 0. The van der Waals surface area contributed by atoms with Crippen LogP contribution in [0.25, 0.3) is 0 Å². The monoisotopic (exact) mass is 438 g/mol. The van der Waals surface area contributed by atoms with Crippen LogP contribution in [0.3, 0.4) is 0 Å². The summed E-state index contributed by atoms with van der Waals surface area (Å²) in [5.41, 5.74) is 3.67. The van der Waals surface area contributed by atoms with Crippen LogP contribution in [0.1, 0.15) is 28.2 Å². The fourth-order valence-electron chi connectivity index (χ4n) is 4.49. The number of methoxy groups -OCH3 is 3. The second-order valence-electron chi connectivity index (χ2n) is 7.71. The van der Waals surface area contributed by atoms with Crippen molar-refractivity contribution in [3.63, 3.8) is 0 Å². The minimum atomic E-state index is -3.62. The molecule has 2 atom stereocenters. The SMILES string of the molecule is COc1cc2c(c(OC)c1OC)[C@@H](c1ccccc1)[C@H](S(=O)(=O)c1ccc(C)cc1)C2. The van der Waals surface area contributed by atoms with Crippen LogP contribution >= 0.6 is 0 Å². The van der Waals surface area contributed by atoms with Crippen molar-refractivity contribution in [2.75, 3.05) is 21.3 Å². The molecular formula is C25H26O5S. The first-order valence-corrected chi connectivity index (χ1v) is 11.6. The van der Waals surface area contributed by atoms with Gasteiger partial charge in [-0.05, 0) is 42.7 Å². The molecule has 0 N–H and O–H groups in total. The van der Waals surface area contributed by atoms with E-state index >= 15 is 0 Å². The first-order valence-electron chi connectivity index (χ1n) is 10.1. The summed E-state index contributed by atoms with van der Waals surface area (Å²) in [5.74, 6) is 1.13. The summed E-state index contributed by atoms with van der Waals surface area (Å²) >= 11 is 0. The molecule has 31 heavy (non-hydrogen) atoms. The van der Waals surface area contributed by atoms with E-state index in [9.17, 15) is 8.42 Å². The molecule has 3 aromatic rings. The van der Waals surface area contributed by atoms with Crippen molar-refractivity contribution in [2.45, 2.75) is 29.4 Å². The molecule has 1 aliphatic carbocycles. The summed E-state index contributed by atoms with van der Waals surface area (Å²) in [7, 11) is 1.07. The number of fused-ring (bicyclic) bond motifs is 1. The molecule has 0 bridgehead atoms. The molecule has 3 aromatic carbocycles. The van der Waals surface area contributed by atoms with Gasteiger partial charge in [-0.1, -0.05) is 48.0 Å². The van der Waals surface area contributed by atoms with Gasteiger partial charge in [-0.3, -0.25) is 0 Å². The van der Waals surface area contributed by atoms with Crippen LogP contribution in [-0.2, 0) is 16.3 Å². The van der Waals surface area contributed by atoms with Crippen molar-refractivity contribution in [3.05, 3.63) is 82.9 Å². The molecule has 0 saturated heterocycles. The molecule has 0 unspecified atom stereocenters. The van der Waals surface area contributed by atoms with Crippen molar-refractivity contribution in [1.82, 2.24) is 0 Å². The van der Waals surface area contributed by atoms with Crippen LogP contribution in [0.4, 0.5) is 0 Å². The van der Waals surface area contributed by atoms with Crippen LogP contribution in [0.5, 0.6) is 17.2 Å². The van der Waals surface area contributed by atoms with Crippen molar-refractivity contribution in [1.29, 1.82) is 0 Å². The number of rotatable bonds is 6. The zero-order valence-corrected chi connectivity index (χ0v) is 18.9. The van der Waals surface area contributed by atoms with Gasteiger partial charge >= 0.3 is 0 Å². The van der Waals surface area contributed by atoms with Gasteiger partial charge in [-0.15, -0.1) is 0 Å². The Hall–Kier alpha value is -2.99. The first kappa shape index (κ1) is 21.2. The molecule has 0 saturated carbocycles. The number of benzene rings is 3.